The molecule has 0 aliphatic carbocycles. The van der Waals surface area contributed by atoms with E-state index in [1.165, 1.54) is 6.42 Å². The van der Waals surface area contributed by atoms with Crippen LogP contribution in [0.2, 0.25) is 0 Å². The largest absolute Gasteiger partial charge is 0.483 e. The van der Waals surface area contributed by atoms with Crippen LogP contribution in [0.4, 0.5) is 0 Å². The molecule has 0 spiro atoms. The average molecular weight is 143 g/mol. The monoisotopic (exact) mass is 143 g/mol. The zero-order valence-corrected chi connectivity index (χ0v) is 7.18. The number of methoxy groups -OCH3 is 1. The quantitative estimate of drug-likeness (QED) is 0.547. The Balaban J connectivity index is 0.000000371. The molecule has 1 aliphatic rings. The van der Waals surface area contributed by atoms with Crippen LogP contribution in [0, 0.1) is 0 Å². The number of likely N-dealkylation sites (tertiary alicyclic amines) is 1. The number of rotatable bonds is 2. The maximum atomic E-state index is 4.89. The summed E-state index contributed by atoms with van der Waals surface area (Å²) in [4.78, 5) is 2.11. The van der Waals surface area contributed by atoms with E-state index in [0.717, 1.165) is 19.0 Å². The zero-order valence-electron chi connectivity index (χ0n) is 7.18. The van der Waals surface area contributed by atoms with Crippen molar-refractivity contribution in [2.45, 2.75) is 20.3 Å². The van der Waals surface area contributed by atoms with Gasteiger partial charge in [0.2, 0.25) is 0 Å². The van der Waals surface area contributed by atoms with Crippen LogP contribution in [0.5, 0.6) is 0 Å². The molecule has 2 nitrogen and oxygen atoms in total. The standard InChI is InChI=1S/C6H11NO.C2H6/c1-6(8-2)7-4-3-5-7;1-2/h1,3-5H2,2H3;1-2H3. The van der Waals surface area contributed by atoms with Crippen molar-refractivity contribution in [1.29, 1.82) is 0 Å². The summed E-state index contributed by atoms with van der Waals surface area (Å²) in [6, 6.07) is 0. The van der Waals surface area contributed by atoms with Gasteiger partial charge in [-0.1, -0.05) is 13.8 Å². The topological polar surface area (TPSA) is 12.5 Å². The Labute approximate surface area is 63.5 Å². The van der Waals surface area contributed by atoms with E-state index in [-0.39, 0.29) is 0 Å². The van der Waals surface area contributed by atoms with Crippen molar-refractivity contribution < 1.29 is 4.74 Å². The number of nitrogens with zero attached hydrogens (tertiary/aromatic N) is 1. The zero-order chi connectivity index (χ0) is 7.98. The van der Waals surface area contributed by atoms with Gasteiger partial charge in [-0.25, -0.2) is 0 Å². The lowest BCUT2D eigenvalue weighted by Gasteiger charge is -2.32. The van der Waals surface area contributed by atoms with Crippen LogP contribution in [0.1, 0.15) is 20.3 Å². The van der Waals surface area contributed by atoms with Crippen LogP contribution in [0.25, 0.3) is 0 Å². The summed E-state index contributed by atoms with van der Waals surface area (Å²) in [5.41, 5.74) is 0. The van der Waals surface area contributed by atoms with Gasteiger partial charge in [-0.2, -0.15) is 0 Å². The smallest absolute Gasteiger partial charge is 0.181 e. The van der Waals surface area contributed by atoms with Crippen molar-refractivity contribution in [3.05, 3.63) is 12.5 Å². The fourth-order valence-corrected chi connectivity index (χ4v) is 0.695. The minimum atomic E-state index is 0.802. The third-order valence-corrected chi connectivity index (χ3v) is 1.44. The molecule has 0 aromatic rings. The molecule has 0 N–H and O–H groups in total. The van der Waals surface area contributed by atoms with Gasteiger partial charge in [-0.3, -0.25) is 0 Å². The van der Waals surface area contributed by atoms with Crippen molar-refractivity contribution in [3.8, 4) is 0 Å². The Bertz CT molecular complexity index is 97.4. The van der Waals surface area contributed by atoms with Gasteiger partial charge in [-0.05, 0) is 13.0 Å². The molecular weight excluding hydrogens is 126 g/mol. The van der Waals surface area contributed by atoms with Gasteiger partial charge in [0.1, 0.15) is 0 Å². The highest BCUT2D eigenvalue weighted by molar-refractivity contribution is 4.87. The Morgan fingerprint density at radius 3 is 2.00 bits per heavy atom. The van der Waals surface area contributed by atoms with Gasteiger partial charge in [-0.15, -0.1) is 0 Å². The van der Waals surface area contributed by atoms with Crippen LogP contribution in [-0.2, 0) is 4.74 Å². The normalized spacial score (nSPS) is 14.5. The van der Waals surface area contributed by atoms with Crippen LogP contribution in [0.3, 0.4) is 0 Å². The van der Waals surface area contributed by atoms with Gasteiger partial charge in [0.25, 0.3) is 0 Å². The van der Waals surface area contributed by atoms with E-state index in [9.17, 15) is 0 Å². The third kappa shape index (κ3) is 2.29. The number of hydrogen-bond acceptors (Lipinski definition) is 2. The molecular formula is C8H17NO. The van der Waals surface area contributed by atoms with Gasteiger partial charge >= 0.3 is 0 Å². The summed E-state index contributed by atoms with van der Waals surface area (Å²) in [5, 5.41) is 0. The first kappa shape index (κ1) is 9.34. The second kappa shape index (κ2) is 5.15. The Morgan fingerprint density at radius 1 is 1.40 bits per heavy atom. The third-order valence-electron chi connectivity index (χ3n) is 1.44. The van der Waals surface area contributed by atoms with Crippen molar-refractivity contribution >= 4 is 0 Å². The van der Waals surface area contributed by atoms with E-state index in [2.05, 4.69) is 11.5 Å². The molecule has 60 valence electrons. The molecule has 0 amide bonds. The first-order valence-corrected chi connectivity index (χ1v) is 3.82. The molecule has 0 aromatic heterocycles. The highest BCUT2D eigenvalue weighted by Gasteiger charge is 2.14. The van der Waals surface area contributed by atoms with E-state index in [1.807, 2.05) is 13.8 Å². The maximum Gasteiger partial charge on any atom is 0.181 e. The van der Waals surface area contributed by atoms with E-state index in [4.69, 9.17) is 4.74 Å². The molecule has 1 aliphatic heterocycles. The summed E-state index contributed by atoms with van der Waals surface area (Å²) in [6.07, 6.45) is 1.28. The molecule has 1 rings (SSSR count). The fraction of sp³-hybridized carbons (Fsp3) is 0.750. The Morgan fingerprint density at radius 2 is 1.90 bits per heavy atom. The number of hydrogen-bond donors (Lipinski definition) is 0. The predicted molar refractivity (Wildman–Crippen MR) is 43.7 cm³/mol. The van der Waals surface area contributed by atoms with Gasteiger partial charge in [0, 0.05) is 13.1 Å². The molecule has 0 radical (unpaired) electrons. The summed E-state index contributed by atoms with van der Waals surface area (Å²) < 4.78 is 4.89. The van der Waals surface area contributed by atoms with E-state index in [1.54, 1.807) is 7.11 Å². The minimum Gasteiger partial charge on any atom is -0.483 e. The molecule has 0 aromatic carbocycles. The van der Waals surface area contributed by atoms with E-state index >= 15 is 0 Å². The highest BCUT2D eigenvalue weighted by Crippen LogP contribution is 2.11. The molecule has 0 bridgehead atoms. The molecule has 1 fully saturated rings. The van der Waals surface area contributed by atoms with Gasteiger partial charge < -0.3 is 9.64 Å². The molecule has 0 atom stereocenters. The molecule has 2 heteroatoms. The summed E-state index contributed by atoms with van der Waals surface area (Å²) in [7, 11) is 1.65. The Hall–Kier alpha value is -0.660. The molecule has 0 unspecified atom stereocenters. The van der Waals surface area contributed by atoms with E-state index in [0.29, 0.717) is 0 Å². The SMILES string of the molecule is C=C(OC)N1CCC1.CC. The van der Waals surface area contributed by atoms with Crippen LogP contribution in [0.15, 0.2) is 12.5 Å². The van der Waals surface area contributed by atoms with Crippen molar-refractivity contribution in [2.75, 3.05) is 20.2 Å². The molecule has 0 saturated carbocycles. The first-order chi connectivity index (χ1) is 4.84. The minimum absolute atomic E-state index is 0.802. The van der Waals surface area contributed by atoms with Crippen LogP contribution < -0.4 is 0 Å². The lowest BCUT2D eigenvalue weighted by Crippen LogP contribution is -2.36. The Kier molecular flexibility index (Phi) is 4.81. The maximum absolute atomic E-state index is 4.89. The lowest BCUT2D eigenvalue weighted by molar-refractivity contribution is 0.108. The molecule has 1 saturated heterocycles. The van der Waals surface area contributed by atoms with Gasteiger partial charge in [0.15, 0.2) is 5.88 Å². The second-order valence-corrected chi connectivity index (χ2v) is 1.94. The van der Waals surface area contributed by atoms with Crippen LogP contribution in [-0.4, -0.2) is 25.1 Å². The van der Waals surface area contributed by atoms with E-state index < -0.39 is 0 Å². The number of ether oxygens (including phenoxy) is 1. The predicted octanol–water partition coefficient (Wildman–Crippen LogP) is 1.84. The first-order valence-electron chi connectivity index (χ1n) is 3.82. The summed E-state index contributed by atoms with van der Waals surface area (Å²) >= 11 is 0. The summed E-state index contributed by atoms with van der Waals surface area (Å²) in [5.74, 6) is 0.802. The average Bonchev–Trinajstić information content (AvgIpc) is 1.89. The lowest BCUT2D eigenvalue weighted by atomic mass is 10.2. The fourth-order valence-electron chi connectivity index (χ4n) is 0.695. The van der Waals surface area contributed by atoms with Crippen molar-refractivity contribution in [1.82, 2.24) is 4.90 Å². The van der Waals surface area contributed by atoms with Crippen LogP contribution >= 0.6 is 0 Å². The van der Waals surface area contributed by atoms with Crippen molar-refractivity contribution in [2.24, 2.45) is 0 Å². The van der Waals surface area contributed by atoms with Gasteiger partial charge in [0.05, 0.1) is 7.11 Å². The molecule has 1 heterocycles. The summed E-state index contributed by atoms with van der Waals surface area (Å²) in [6.45, 7) is 9.93. The second-order valence-electron chi connectivity index (χ2n) is 1.94. The highest BCUT2D eigenvalue weighted by atomic mass is 16.5. The molecule has 10 heavy (non-hydrogen) atoms. The van der Waals surface area contributed by atoms with Crippen molar-refractivity contribution in [3.63, 3.8) is 0 Å².